The van der Waals surface area contributed by atoms with Crippen LogP contribution in [0, 0.1) is 5.92 Å². The molecule has 1 aliphatic heterocycles. The summed E-state index contributed by atoms with van der Waals surface area (Å²) in [6, 6.07) is 8.08. The zero-order chi connectivity index (χ0) is 19.1. The van der Waals surface area contributed by atoms with Gasteiger partial charge in [-0.25, -0.2) is 4.98 Å². The molecule has 4 rings (SSSR count). The maximum absolute atomic E-state index is 12.4. The van der Waals surface area contributed by atoms with E-state index in [1.807, 2.05) is 36.9 Å². The van der Waals surface area contributed by atoms with Crippen LogP contribution in [-0.2, 0) is 22.6 Å². The molecule has 0 saturated carbocycles. The molecule has 0 fully saturated rings. The molecule has 0 saturated heterocycles. The van der Waals surface area contributed by atoms with Crippen LogP contribution in [0.2, 0.25) is 0 Å². The van der Waals surface area contributed by atoms with E-state index in [2.05, 4.69) is 11.4 Å². The molecule has 0 unspecified atom stereocenters. The third kappa shape index (κ3) is 3.37. The molecule has 5 nitrogen and oxygen atoms in total. The minimum atomic E-state index is -0.0962. The van der Waals surface area contributed by atoms with Gasteiger partial charge in [0.15, 0.2) is 0 Å². The number of hydrogen-bond acceptors (Lipinski definition) is 5. The number of carbonyl (C=O) groups is 2. The van der Waals surface area contributed by atoms with Crippen LogP contribution >= 0.6 is 22.7 Å². The molecule has 2 amide bonds. The molecular weight excluding hydrogens is 378 g/mol. The quantitative estimate of drug-likeness (QED) is 0.704. The van der Waals surface area contributed by atoms with Gasteiger partial charge >= 0.3 is 0 Å². The van der Waals surface area contributed by atoms with Crippen LogP contribution in [-0.4, -0.2) is 28.2 Å². The maximum Gasteiger partial charge on any atom is 0.227 e. The first-order valence-electron chi connectivity index (χ1n) is 9.01. The van der Waals surface area contributed by atoms with Gasteiger partial charge in [0.25, 0.3) is 0 Å². The Morgan fingerprint density at radius 2 is 2.00 bits per heavy atom. The SMILES string of the molecule is CC(=O)N1CCc2c(sc(NC(=O)C(C)C)c2-c2nc3ccccc3s2)C1. The number of fused-ring (bicyclic) bond motifs is 2. The van der Waals surface area contributed by atoms with Crippen molar-refractivity contribution in [2.75, 3.05) is 11.9 Å². The Labute approximate surface area is 166 Å². The summed E-state index contributed by atoms with van der Waals surface area (Å²) < 4.78 is 1.13. The summed E-state index contributed by atoms with van der Waals surface area (Å²) in [7, 11) is 0. The molecule has 0 bridgehead atoms. The number of carbonyl (C=O) groups excluding carboxylic acids is 2. The molecule has 0 radical (unpaired) electrons. The molecule has 0 spiro atoms. The standard InChI is InChI=1S/C20H21N3O2S2/c1-11(2)18(25)22-20-17(19-21-14-6-4-5-7-15(14)26-19)13-8-9-23(12(3)24)10-16(13)27-20/h4-7,11H,8-10H2,1-3H3,(H,22,25). The average Bonchev–Trinajstić information content (AvgIpc) is 3.20. The first-order chi connectivity index (χ1) is 12.9. The third-order valence-electron chi connectivity index (χ3n) is 4.77. The van der Waals surface area contributed by atoms with E-state index in [1.54, 1.807) is 29.6 Å². The average molecular weight is 400 g/mol. The molecule has 3 aromatic rings. The fourth-order valence-electron chi connectivity index (χ4n) is 3.22. The summed E-state index contributed by atoms with van der Waals surface area (Å²) in [5.74, 6) is -0.0104. The highest BCUT2D eigenvalue weighted by molar-refractivity contribution is 7.22. The second-order valence-electron chi connectivity index (χ2n) is 7.03. The van der Waals surface area contributed by atoms with Crippen molar-refractivity contribution in [3.05, 3.63) is 34.7 Å². The molecule has 0 aliphatic carbocycles. The number of anilines is 1. The summed E-state index contributed by atoms with van der Waals surface area (Å²) in [5, 5.41) is 4.88. The van der Waals surface area contributed by atoms with Crippen LogP contribution in [0.25, 0.3) is 20.8 Å². The molecule has 1 aromatic carbocycles. The summed E-state index contributed by atoms with van der Waals surface area (Å²) in [6.45, 7) is 6.68. The van der Waals surface area contributed by atoms with E-state index in [1.165, 1.54) is 5.56 Å². The number of thiophene rings is 1. The van der Waals surface area contributed by atoms with Crippen molar-refractivity contribution in [2.24, 2.45) is 5.92 Å². The number of hydrogen-bond donors (Lipinski definition) is 1. The molecule has 0 atom stereocenters. The van der Waals surface area contributed by atoms with Crippen molar-refractivity contribution in [2.45, 2.75) is 33.7 Å². The highest BCUT2D eigenvalue weighted by atomic mass is 32.1. The zero-order valence-corrected chi connectivity index (χ0v) is 17.2. The van der Waals surface area contributed by atoms with Crippen LogP contribution in [0.15, 0.2) is 24.3 Å². The summed E-state index contributed by atoms with van der Waals surface area (Å²) in [5.41, 5.74) is 3.23. The topological polar surface area (TPSA) is 62.3 Å². The number of benzene rings is 1. The predicted molar refractivity (Wildman–Crippen MR) is 111 cm³/mol. The van der Waals surface area contributed by atoms with Crippen molar-refractivity contribution in [1.82, 2.24) is 9.88 Å². The van der Waals surface area contributed by atoms with Crippen LogP contribution in [0.1, 0.15) is 31.2 Å². The Morgan fingerprint density at radius 1 is 1.22 bits per heavy atom. The van der Waals surface area contributed by atoms with Gasteiger partial charge in [-0.2, -0.15) is 0 Å². The highest BCUT2D eigenvalue weighted by Gasteiger charge is 2.28. The Morgan fingerprint density at radius 3 is 2.70 bits per heavy atom. The molecule has 2 aromatic heterocycles. The van der Waals surface area contributed by atoms with Crippen molar-refractivity contribution < 1.29 is 9.59 Å². The van der Waals surface area contributed by atoms with E-state index in [0.29, 0.717) is 13.1 Å². The lowest BCUT2D eigenvalue weighted by atomic mass is 10.0. The zero-order valence-electron chi connectivity index (χ0n) is 15.5. The lowest BCUT2D eigenvalue weighted by molar-refractivity contribution is -0.129. The van der Waals surface area contributed by atoms with Crippen LogP contribution in [0.5, 0.6) is 0 Å². The minimum absolute atomic E-state index is 0.000572. The van der Waals surface area contributed by atoms with Gasteiger partial charge in [0.2, 0.25) is 11.8 Å². The Hall–Kier alpha value is -2.25. The van der Waals surface area contributed by atoms with Gasteiger partial charge in [0.1, 0.15) is 10.0 Å². The van der Waals surface area contributed by atoms with Gasteiger partial charge in [0, 0.05) is 29.8 Å². The van der Waals surface area contributed by atoms with Crippen molar-refractivity contribution in [3.63, 3.8) is 0 Å². The normalized spacial score (nSPS) is 13.9. The summed E-state index contributed by atoms with van der Waals surface area (Å²) in [6.07, 6.45) is 0.786. The monoisotopic (exact) mass is 399 g/mol. The second-order valence-corrected chi connectivity index (χ2v) is 9.17. The number of nitrogens with zero attached hydrogens (tertiary/aromatic N) is 2. The number of nitrogens with one attached hydrogen (secondary N) is 1. The first kappa shape index (κ1) is 18.1. The van der Waals surface area contributed by atoms with Gasteiger partial charge in [-0.3, -0.25) is 9.59 Å². The molecule has 3 heterocycles. The number of amides is 2. The summed E-state index contributed by atoms with van der Waals surface area (Å²) >= 11 is 3.22. The number of para-hydroxylation sites is 1. The molecule has 1 N–H and O–H groups in total. The van der Waals surface area contributed by atoms with Crippen molar-refractivity contribution >= 4 is 49.7 Å². The molecular formula is C20H21N3O2S2. The molecule has 1 aliphatic rings. The molecule has 140 valence electrons. The number of thiazole rings is 1. The largest absolute Gasteiger partial charge is 0.337 e. The van der Waals surface area contributed by atoms with Gasteiger partial charge in [-0.15, -0.1) is 22.7 Å². The van der Waals surface area contributed by atoms with Gasteiger partial charge in [-0.1, -0.05) is 26.0 Å². The first-order valence-corrected chi connectivity index (χ1v) is 10.6. The minimum Gasteiger partial charge on any atom is -0.337 e. The van der Waals surface area contributed by atoms with Crippen LogP contribution in [0.3, 0.4) is 0 Å². The smallest absolute Gasteiger partial charge is 0.227 e. The highest BCUT2D eigenvalue weighted by Crippen LogP contribution is 2.45. The molecule has 27 heavy (non-hydrogen) atoms. The fourth-order valence-corrected chi connectivity index (χ4v) is 5.60. The number of rotatable bonds is 3. The lowest BCUT2D eigenvalue weighted by Gasteiger charge is -2.26. The molecule has 7 heteroatoms. The van der Waals surface area contributed by atoms with Crippen LogP contribution < -0.4 is 5.32 Å². The predicted octanol–water partition coefficient (Wildman–Crippen LogP) is 4.52. The maximum atomic E-state index is 12.4. The van der Waals surface area contributed by atoms with E-state index in [0.717, 1.165) is 37.1 Å². The fraction of sp³-hybridized carbons (Fsp3) is 0.350. The van der Waals surface area contributed by atoms with E-state index in [-0.39, 0.29) is 17.7 Å². The van der Waals surface area contributed by atoms with E-state index >= 15 is 0 Å². The van der Waals surface area contributed by atoms with Gasteiger partial charge in [0.05, 0.1) is 16.8 Å². The third-order valence-corrected chi connectivity index (χ3v) is 6.96. The van der Waals surface area contributed by atoms with Crippen molar-refractivity contribution in [1.29, 1.82) is 0 Å². The number of aromatic nitrogens is 1. The Balaban J connectivity index is 1.82. The summed E-state index contributed by atoms with van der Waals surface area (Å²) in [4.78, 5) is 32.0. The Bertz CT molecular complexity index is 1000. The van der Waals surface area contributed by atoms with E-state index < -0.39 is 0 Å². The van der Waals surface area contributed by atoms with Crippen molar-refractivity contribution in [3.8, 4) is 10.6 Å². The van der Waals surface area contributed by atoms with E-state index in [4.69, 9.17) is 4.98 Å². The second kappa shape index (κ2) is 7.05. The van der Waals surface area contributed by atoms with Gasteiger partial charge < -0.3 is 10.2 Å². The lowest BCUT2D eigenvalue weighted by Crippen LogP contribution is -2.33. The van der Waals surface area contributed by atoms with Crippen LogP contribution in [0.4, 0.5) is 5.00 Å². The van der Waals surface area contributed by atoms with Gasteiger partial charge in [-0.05, 0) is 24.1 Å². The van der Waals surface area contributed by atoms with E-state index in [9.17, 15) is 9.59 Å². The Kier molecular flexibility index (Phi) is 4.74.